The first kappa shape index (κ1) is 19.3. The molecule has 146 valence electrons. The quantitative estimate of drug-likeness (QED) is 0.492. The topological polar surface area (TPSA) is 58.8 Å². The molecule has 0 aromatic carbocycles. The number of hydrogen-bond acceptors (Lipinski definition) is 3. The average molecular weight is 362 g/mol. The summed E-state index contributed by atoms with van der Waals surface area (Å²) in [7, 11) is 1.78. The molecule has 0 saturated heterocycles. The van der Waals surface area contributed by atoms with E-state index < -0.39 is 0 Å². The van der Waals surface area contributed by atoms with Gasteiger partial charge in [0.2, 0.25) is 0 Å². The van der Waals surface area contributed by atoms with Crippen molar-refractivity contribution in [3.63, 3.8) is 0 Å². The summed E-state index contributed by atoms with van der Waals surface area (Å²) in [5.41, 5.74) is 0.385. The lowest BCUT2D eigenvalue weighted by atomic mass is 9.89. The SMILES string of the molecule is COCCC1(CN=C(NCCc2ccco2)NCC2CCCCC2)CC1. The van der Waals surface area contributed by atoms with E-state index in [1.807, 2.05) is 12.1 Å². The Morgan fingerprint density at radius 1 is 1.27 bits per heavy atom. The summed E-state index contributed by atoms with van der Waals surface area (Å²) >= 11 is 0. The number of hydrogen-bond donors (Lipinski definition) is 2. The van der Waals surface area contributed by atoms with Gasteiger partial charge < -0.3 is 19.8 Å². The summed E-state index contributed by atoms with van der Waals surface area (Å²) < 4.78 is 10.7. The Morgan fingerprint density at radius 3 is 2.81 bits per heavy atom. The highest BCUT2D eigenvalue weighted by molar-refractivity contribution is 5.79. The minimum absolute atomic E-state index is 0.385. The molecule has 3 rings (SSSR count). The van der Waals surface area contributed by atoms with Crippen LogP contribution < -0.4 is 10.6 Å². The maximum atomic E-state index is 5.42. The van der Waals surface area contributed by atoms with Crippen LogP contribution in [0.2, 0.25) is 0 Å². The maximum Gasteiger partial charge on any atom is 0.191 e. The van der Waals surface area contributed by atoms with Gasteiger partial charge in [-0.25, -0.2) is 0 Å². The van der Waals surface area contributed by atoms with E-state index in [1.54, 1.807) is 13.4 Å². The number of nitrogens with one attached hydrogen (secondary N) is 2. The van der Waals surface area contributed by atoms with Crippen molar-refractivity contribution in [3.8, 4) is 0 Å². The molecule has 0 atom stereocenters. The molecule has 1 aromatic heterocycles. The molecule has 26 heavy (non-hydrogen) atoms. The molecule has 2 aliphatic rings. The fraction of sp³-hybridized carbons (Fsp3) is 0.762. The molecule has 0 radical (unpaired) electrons. The molecule has 0 bridgehead atoms. The zero-order chi connectivity index (χ0) is 18.1. The normalized spacial score (nSPS) is 20.1. The second-order valence-corrected chi connectivity index (χ2v) is 8.05. The number of methoxy groups -OCH3 is 1. The van der Waals surface area contributed by atoms with Crippen molar-refractivity contribution < 1.29 is 9.15 Å². The fourth-order valence-electron chi connectivity index (χ4n) is 3.79. The van der Waals surface area contributed by atoms with Crippen LogP contribution in [0.5, 0.6) is 0 Å². The second-order valence-electron chi connectivity index (χ2n) is 8.05. The third kappa shape index (κ3) is 6.35. The van der Waals surface area contributed by atoms with Crippen molar-refractivity contribution in [3.05, 3.63) is 24.2 Å². The van der Waals surface area contributed by atoms with Crippen LogP contribution in [0.15, 0.2) is 27.8 Å². The third-order valence-corrected chi connectivity index (χ3v) is 5.89. The highest BCUT2D eigenvalue weighted by Crippen LogP contribution is 2.48. The van der Waals surface area contributed by atoms with E-state index in [0.29, 0.717) is 5.41 Å². The zero-order valence-corrected chi connectivity index (χ0v) is 16.3. The summed E-state index contributed by atoms with van der Waals surface area (Å²) in [6.45, 7) is 3.62. The first-order chi connectivity index (χ1) is 12.8. The smallest absolute Gasteiger partial charge is 0.191 e. The Hall–Kier alpha value is -1.49. The highest BCUT2D eigenvalue weighted by atomic mass is 16.5. The molecular weight excluding hydrogens is 326 g/mol. The van der Waals surface area contributed by atoms with Gasteiger partial charge in [-0.2, -0.15) is 0 Å². The van der Waals surface area contributed by atoms with Crippen molar-refractivity contribution in [1.29, 1.82) is 0 Å². The molecule has 0 aliphatic heterocycles. The van der Waals surface area contributed by atoms with Crippen LogP contribution in [-0.4, -0.2) is 39.3 Å². The van der Waals surface area contributed by atoms with Gasteiger partial charge in [0.1, 0.15) is 5.76 Å². The predicted molar refractivity (Wildman–Crippen MR) is 105 cm³/mol. The average Bonchev–Trinajstić information content (AvgIpc) is 3.26. The van der Waals surface area contributed by atoms with Gasteiger partial charge in [0, 0.05) is 39.8 Å². The van der Waals surface area contributed by atoms with Crippen LogP contribution in [0.25, 0.3) is 0 Å². The minimum atomic E-state index is 0.385. The molecule has 5 nitrogen and oxygen atoms in total. The number of nitrogens with zero attached hydrogens (tertiary/aromatic N) is 1. The maximum absolute atomic E-state index is 5.42. The van der Waals surface area contributed by atoms with E-state index in [0.717, 1.165) is 56.7 Å². The lowest BCUT2D eigenvalue weighted by Crippen LogP contribution is -2.41. The van der Waals surface area contributed by atoms with Crippen LogP contribution in [0, 0.1) is 11.3 Å². The van der Waals surface area contributed by atoms with Crippen molar-refractivity contribution in [1.82, 2.24) is 10.6 Å². The molecule has 2 N–H and O–H groups in total. The summed E-state index contributed by atoms with van der Waals surface area (Å²) in [5.74, 6) is 2.78. The Kier molecular flexibility index (Phi) is 7.42. The standard InChI is InChI=1S/C21H35N3O2/c1-25-15-12-21(10-11-21)17-24-20(22-13-9-19-8-5-14-26-19)23-16-18-6-3-2-4-7-18/h5,8,14,18H,2-4,6-7,9-13,15-17H2,1H3,(H2,22,23,24). The molecule has 0 spiro atoms. The van der Waals surface area contributed by atoms with Crippen LogP contribution in [0.1, 0.15) is 57.1 Å². The van der Waals surface area contributed by atoms with E-state index in [-0.39, 0.29) is 0 Å². The Balaban J connectivity index is 1.48. The number of ether oxygens (including phenoxy) is 1. The van der Waals surface area contributed by atoms with Gasteiger partial charge in [0.25, 0.3) is 0 Å². The summed E-state index contributed by atoms with van der Waals surface area (Å²) in [4.78, 5) is 4.92. The molecule has 2 aliphatic carbocycles. The molecule has 0 unspecified atom stereocenters. The number of rotatable bonds is 10. The summed E-state index contributed by atoms with van der Waals surface area (Å²) in [5, 5.41) is 7.10. The Labute approximate surface area is 158 Å². The van der Waals surface area contributed by atoms with Gasteiger partial charge in [-0.05, 0) is 55.6 Å². The van der Waals surface area contributed by atoms with Gasteiger partial charge in [0.05, 0.1) is 6.26 Å². The number of guanidine groups is 1. The van der Waals surface area contributed by atoms with Gasteiger partial charge >= 0.3 is 0 Å². The van der Waals surface area contributed by atoms with Crippen molar-refractivity contribution >= 4 is 5.96 Å². The number of aliphatic imine (C=N–C) groups is 1. The first-order valence-electron chi connectivity index (χ1n) is 10.3. The Bertz CT molecular complexity index is 531. The van der Waals surface area contributed by atoms with Crippen LogP contribution in [0.3, 0.4) is 0 Å². The van der Waals surface area contributed by atoms with Crippen molar-refractivity contribution in [2.45, 2.75) is 57.8 Å². The lowest BCUT2D eigenvalue weighted by Gasteiger charge is -2.23. The van der Waals surface area contributed by atoms with Gasteiger partial charge in [0.15, 0.2) is 5.96 Å². The second kappa shape index (κ2) is 10.0. The predicted octanol–water partition coefficient (Wildman–Crippen LogP) is 3.75. The fourth-order valence-corrected chi connectivity index (χ4v) is 3.79. The monoisotopic (exact) mass is 361 g/mol. The third-order valence-electron chi connectivity index (χ3n) is 5.89. The van der Waals surface area contributed by atoms with Crippen LogP contribution in [0.4, 0.5) is 0 Å². The molecule has 2 fully saturated rings. The Morgan fingerprint density at radius 2 is 2.12 bits per heavy atom. The van der Waals surface area contributed by atoms with Crippen molar-refractivity contribution in [2.75, 3.05) is 33.4 Å². The van der Waals surface area contributed by atoms with E-state index >= 15 is 0 Å². The molecule has 2 saturated carbocycles. The van der Waals surface area contributed by atoms with Crippen LogP contribution >= 0.6 is 0 Å². The molecule has 1 heterocycles. The van der Waals surface area contributed by atoms with Crippen molar-refractivity contribution in [2.24, 2.45) is 16.3 Å². The molecule has 5 heteroatoms. The van der Waals surface area contributed by atoms with Gasteiger partial charge in [-0.15, -0.1) is 0 Å². The van der Waals surface area contributed by atoms with E-state index in [9.17, 15) is 0 Å². The highest BCUT2D eigenvalue weighted by Gasteiger charge is 2.41. The summed E-state index contributed by atoms with van der Waals surface area (Å²) in [6, 6.07) is 3.97. The largest absolute Gasteiger partial charge is 0.469 e. The van der Waals surface area contributed by atoms with E-state index in [4.69, 9.17) is 14.1 Å². The van der Waals surface area contributed by atoms with E-state index in [2.05, 4.69) is 10.6 Å². The minimum Gasteiger partial charge on any atom is -0.469 e. The van der Waals surface area contributed by atoms with Gasteiger partial charge in [-0.3, -0.25) is 4.99 Å². The number of furan rings is 1. The first-order valence-corrected chi connectivity index (χ1v) is 10.3. The lowest BCUT2D eigenvalue weighted by molar-refractivity contribution is 0.174. The molecular formula is C21H35N3O2. The van der Waals surface area contributed by atoms with Crippen LogP contribution in [-0.2, 0) is 11.2 Å². The van der Waals surface area contributed by atoms with E-state index in [1.165, 1.54) is 44.9 Å². The molecule has 1 aromatic rings. The summed E-state index contributed by atoms with van der Waals surface area (Å²) in [6.07, 6.45) is 13.2. The zero-order valence-electron chi connectivity index (χ0n) is 16.3. The van der Waals surface area contributed by atoms with Gasteiger partial charge in [-0.1, -0.05) is 19.3 Å². The molecule has 0 amide bonds.